The van der Waals surface area contributed by atoms with E-state index in [1.165, 1.54) is 16.4 Å². The van der Waals surface area contributed by atoms with Crippen LogP contribution in [0.5, 0.6) is 0 Å². The number of morpholine rings is 1. The molecule has 0 saturated carbocycles. The van der Waals surface area contributed by atoms with Crippen LogP contribution < -0.4 is 5.32 Å². The highest BCUT2D eigenvalue weighted by Gasteiger charge is 2.32. The Morgan fingerprint density at radius 3 is 2.29 bits per heavy atom. The molecule has 1 atom stereocenters. The van der Waals surface area contributed by atoms with Crippen LogP contribution in [-0.2, 0) is 14.8 Å². The minimum Gasteiger partial charge on any atom is -0.379 e. The summed E-state index contributed by atoms with van der Waals surface area (Å²) in [6.07, 6.45) is 2.72. The molecular weight excluding hydrogens is 378 g/mol. The summed E-state index contributed by atoms with van der Waals surface area (Å²) >= 11 is 0. The maximum atomic E-state index is 12.6. The third-order valence-corrected chi connectivity index (χ3v) is 7.90. The van der Waals surface area contributed by atoms with Crippen molar-refractivity contribution < 1.29 is 17.9 Å². The molecule has 2 heterocycles. The molecule has 1 N–H and O–H groups in total. The van der Waals surface area contributed by atoms with Crippen molar-refractivity contribution in [3.63, 3.8) is 0 Å². The van der Waals surface area contributed by atoms with Gasteiger partial charge in [0, 0.05) is 43.8 Å². The molecule has 1 aromatic rings. The average Bonchev–Trinajstić information content (AvgIpc) is 3.28. The van der Waals surface area contributed by atoms with Crippen LogP contribution in [0.4, 0.5) is 0 Å². The van der Waals surface area contributed by atoms with E-state index < -0.39 is 10.0 Å². The maximum Gasteiger partial charge on any atom is 0.251 e. The number of ether oxygens (including phenoxy) is 1. The van der Waals surface area contributed by atoms with E-state index in [9.17, 15) is 13.2 Å². The minimum absolute atomic E-state index is 0.127. The van der Waals surface area contributed by atoms with Crippen LogP contribution in [0.15, 0.2) is 29.2 Å². The number of benzene rings is 1. The zero-order valence-corrected chi connectivity index (χ0v) is 17.6. The van der Waals surface area contributed by atoms with Gasteiger partial charge in [0.25, 0.3) is 5.91 Å². The lowest BCUT2D eigenvalue weighted by Gasteiger charge is -2.43. The Morgan fingerprint density at radius 2 is 1.71 bits per heavy atom. The smallest absolute Gasteiger partial charge is 0.251 e. The second-order valence-electron chi connectivity index (χ2n) is 7.77. The lowest BCUT2D eigenvalue weighted by atomic mass is 9.95. The number of sulfonamides is 1. The number of carbonyl (C=O) groups excluding carboxylic acids is 1. The Balaban J connectivity index is 1.62. The van der Waals surface area contributed by atoms with E-state index in [-0.39, 0.29) is 16.3 Å². The third-order valence-electron chi connectivity index (χ3n) is 5.99. The highest BCUT2D eigenvalue weighted by Crippen LogP contribution is 2.22. The summed E-state index contributed by atoms with van der Waals surface area (Å²) in [5.74, 6) is -0.182. The van der Waals surface area contributed by atoms with E-state index in [2.05, 4.69) is 24.1 Å². The minimum atomic E-state index is -3.45. The van der Waals surface area contributed by atoms with Crippen molar-refractivity contribution in [3.8, 4) is 0 Å². The van der Waals surface area contributed by atoms with Gasteiger partial charge >= 0.3 is 0 Å². The Bertz CT molecular complexity index is 769. The SMILES string of the molecule is CCC(C)(CNC(=O)c1ccc(S(=O)(=O)N2CCCC2)cc1)N1CCOCC1. The molecule has 1 aromatic carbocycles. The Labute approximate surface area is 168 Å². The topological polar surface area (TPSA) is 79.0 Å². The lowest BCUT2D eigenvalue weighted by molar-refractivity contribution is -0.0169. The molecule has 2 fully saturated rings. The van der Waals surface area contributed by atoms with Crippen LogP contribution in [0.3, 0.4) is 0 Å². The van der Waals surface area contributed by atoms with E-state index in [0.29, 0.717) is 25.2 Å². The van der Waals surface area contributed by atoms with Crippen LogP contribution in [0.25, 0.3) is 0 Å². The predicted octanol–water partition coefficient (Wildman–Crippen LogP) is 1.70. The van der Waals surface area contributed by atoms with Crippen molar-refractivity contribution in [2.45, 2.75) is 43.5 Å². The first-order chi connectivity index (χ1) is 13.4. The van der Waals surface area contributed by atoms with E-state index in [4.69, 9.17) is 4.74 Å². The molecule has 0 bridgehead atoms. The highest BCUT2D eigenvalue weighted by atomic mass is 32.2. The fraction of sp³-hybridized carbons (Fsp3) is 0.650. The van der Waals surface area contributed by atoms with Crippen molar-refractivity contribution in [1.29, 1.82) is 0 Å². The van der Waals surface area contributed by atoms with Gasteiger partial charge in [0.2, 0.25) is 10.0 Å². The summed E-state index contributed by atoms with van der Waals surface area (Å²) in [5, 5.41) is 3.02. The van der Waals surface area contributed by atoms with Crippen LogP contribution >= 0.6 is 0 Å². The quantitative estimate of drug-likeness (QED) is 0.742. The van der Waals surface area contributed by atoms with Crippen LogP contribution in [0.2, 0.25) is 0 Å². The van der Waals surface area contributed by atoms with Gasteiger partial charge in [-0.25, -0.2) is 8.42 Å². The zero-order valence-electron chi connectivity index (χ0n) is 16.8. The molecular formula is C20H31N3O4S. The Hall–Kier alpha value is -1.48. The Kier molecular flexibility index (Phi) is 6.75. The molecule has 7 nitrogen and oxygen atoms in total. The van der Waals surface area contributed by atoms with E-state index in [1.807, 2.05) is 0 Å². The summed E-state index contributed by atoms with van der Waals surface area (Å²) in [6.45, 7) is 9.13. The zero-order chi connectivity index (χ0) is 20.2. The number of hydrogen-bond acceptors (Lipinski definition) is 5. The molecule has 0 radical (unpaired) electrons. The van der Waals surface area contributed by atoms with Gasteiger partial charge in [0.15, 0.2) is 0 Å². The number of rotatable bonds is 7. The second-order valence-corrected chi connectivity index (χ2v) is 9.71. The van der Waals surface area contributed by atoms with Crippen molar-refractivity contribution in [3.05, 3.63) is 29.8 Å². The number of nitrogens with one attached hydrogen (secondary N) is 1. The summed E-state index contributed by atoms with van der Waals surface area (Å²) in [5.41, 5.74) is 0.346. The van der Waals surface area contributed by atoms with Crippen molar-refractivity contribution in [2.24, 2.45) is 0 Å². The van der Waals surface area contributed by atoms with Crippen LogP contribution in [0.1, 0.15) is 43.5 Å². The molecule has 28 heavy (non-hydrogen) atoms. The van der Waals surface area contributed by atoms with Crippen LogP contribution in [-0.4, -0.2) is 75.0 Å². The molecule has 2 saturated heterocycles. The monoisotopic (exact) mass is 409 g/mol. The van der Waals surface area contributed by atoms with E-state index >= 15 is 0 Å². The van der Waals surface area contributed by atoms with Crippen molar-refractivity contribution in [2.75, 3.05) is 45.9 Å². The predicted molar refractivity (Wildman–Crippen MR) is 108 cm³/mol. The number of nitrogens with zero attached hydrogens (tertiary/aromatic N) is 2. The fourth-order valence-electron chi connectivity index (χ4n) is 3.79. The summed E-state index contributed by atoms with van der Waals surface area (Å²) < 4.78 is 32.1. The van der Waals surface area contributed by atoms with Gasteiger partial charge in [0.1, 0.15) is 0 Å². The lowest BCUT2D eigenvalue weighted by Crippen LogP contribution is -2.56. The molecule has 8 heteroatoms. The number of amides is 1. The molecule has 0 aliphatic carbocycles. The van der Waals surface area contributed by atoms with Gasteiger partial charge in [-0.1, -0.05) is 6.92 Å². The largest absolute Gasteiger partial charge is 0.379 e. The summed E-state index contributed by atoms with van der Waals surface area (Å²) in [6, 6.07) is 6.25. The van der Waals surface area contributed by atoms with Gasteiger partial charge in [0.05, 0.1) is 18.1 Å². The fourth-order valence-corrected chi connectivity index (χ4v) is 5.31. The third kappa shape index (κ3) is 4.56. The second kappa shape index (κ2) is 8.90. The van der Waals surface area contributed by atoms with E-state index in [0.717, 1.165) is 45.6 Å². The molecule has 3 rings (SSSR count). The maximum absolute atomic E-state index is 12.6. The van der Waals surface area contributed by atoms with Gasteiger partial charge < -0.3 is 10.1 Å². The molecule has 1 amide bonds. The van der Waals surface area contributed by atoms with Gasteiger partial charge in [-0.3, -0.25) is 9.69 Å². The standard InChI is InChI=1S/C20H31N3O4S/c1-3-20(2,22-12-14-27-15-13-22)16-21-19(24)17-6-8-18(9-7-17)28(25,26)23-10-4-5-11-23/h6-9H,3-5,10-16H2,1-2H3,(H,21,24). The number of carbonyl (C=O) groups is 1. The highest BCUT2D eigenvalue weighted by molar-refractivity contribution is 7.89. The Morgan fingerprint density at radius 1 is 1.11 bits per heavy atom. The van der Waals surface area contributed by atoms with E-state index in [1.54, 1.807) is 12.1 Å². The molecule has 2 aliphatic heterocycles. The molecule has 1 unspecified atom stereocenters. The molecule has 156 valence electrons. The summed E-state index contributed by atoms with van der Waals surface area (Å²) in [4.78, 5) is 15.2. The van der Waals surface area contributed by atoms with Crippen molar-refractivity contribution in [1.82, 2.24) is 14.5 Å². The van der Waals surface area contributed by atoms with Crippen molar-refractivity contribution >= 4 is 15.9 Å². The van der Waals surface area contributed by atoms with Gasteiger partial charge in [-0.2, -0.15) is 4.31 Å². The normalized spacial score (nSPS) is 21.4. The van der Waals surface area contributed by atoms with Gasteiger partial charge in [-0.05, 0) is 50.5 Å². The van der Waals surface area contributed by atoms with Crippen LogP contribution in [0, 0.1) is 0 Å². The molecule has 0 spiro atoms. The summed E-state index contributed by atoms with van der Waals surface area (Å²) in [7, 11) is -3.45. The first-order valence-electron chi connectivity index (χ1n) is 10.1. The molecule has 0 aromatic heterocycles. The first-order valence-corrected chi connectivity index (χ1v) is 11.5. The number of hydrogen-bond donors (Lipinski definition) is 1. The van der Waals surface area contributed by atoms with Gasteiger partial charge in [-0.15, -0.1) is 0 Å². The first kappa shape index (κ1) is 21.2. The average molecular weight is 410 g/mol. The molecule has 2 aliphatic rings.